The van der Waals surface area contributed by atoms with Crippen LogP contribution in [0.3, 0.4) is 0 Å². The quantitative estimate of drug-likeness (QED) is 0.212. The van der Waals surface area contributed by atoms with Crippen molar-refractivity contribution in [3.05, 3.63) is 35.5 Å². The Labute approximate surface area is 98.9 Å². The number of ether oxygens (including phenoxy) is 1. The van der Waals surface area contributed by atoms with Gasteiger partial charge in [-0.15, -0.1) is 11.8 Å². The third kappa shape index (κ3) is 3.82. The monoisotopic (exact) mass is 241 g/mol. The van der Waals surface area contributed by atoms with Crippen molar-refractivity contribution in [2.24, 2.45) is 5.73 Å². The Kier molecular flexibility index (Phi) is 6.02. The van der Waals surface area contributed by atoms with E-state index in [2.05, 4.69) is 23.2 Å². The largest absolute Gasteiger partial charge is 0.464 e. The summed E-state index contributed by atoms with van der Waals surface area (Å²) < 4.78 is 4.58. The molecule has 0 spiro atoms. The van der Waals surface area contributed by atoms with E-state index in [1.54, 1.807) is 6.26 Å². The van der Waals surface area contributed by atoms with E-state index in [1.807, 2.05) is 0 Å². The molecule has 16 heavy (non-hydrogen) atoms. The van der Waals surface area contributed by atoms with Gasteiger partial charge in [-0.3, -0.25) is 5.41 Å². The molecule has 0 aromatic rings. The Bertz CT molecular complexity index is 361. The van der Waals surface area contributed by atoms with E-state index in [1.165, 1.54) is 24.9 Å². The number of hydrogen-bond acceptors (Lipinski definition) is 5. The van der Waals surface area contributed by atoms with Gasteiger partial charge in [0.15, 0.2) is 0 Å². The van der Waals surface area contributed by atoms with Crippen molar-refractivity contribution < 1.29 is 9.53 Å². The molecule has 0 radical (unpaired) electrons. The molecule has 0 heterocycles. The van der Waals surface area contributed by atoms with Gasteiger partial charge >= 0.3 is 5.97 Å². The van der Waals surface area contributed by atoms with Gasteiger partial charge in [0.1, 0.15) is 11.5 Å². The van der Waals surface area contributed by atoms with Crippen molar-refractivity contribution in [3.63, 3.8) is 0 Å². The second-order valence-electron chi connectivity index (χ2n) is 2.65. The third-order valence-electron chi connectivity index (χ3n) is 1.66. The van der Waals surface area contributed by atoms with Gasteiger partial charge in [-0.05, 0) is 6.26 Å². The zero-order valence-electron chi connectivity index (χ0n) is 9.29. The first-order chi connectivity index (χ1) is 7.47. The minimum Gasteiger partial charge on any atom is -0.464 e. The van der Waals surface area contributed by atoms with Gasteiger partial charge in [-0.1, -0.05) is 19.2 Å². The Morgan fingerprint density at radius 2 is 2.19 bits per heavy atom. The highest BCUT2D eigenvalue weighted by atomic mass is 32.2. The molecule has 0 rings (SSSR count). The van der Waals surface area contributed by atoms with Crippen molar-refractivity contribution in [2.45, 2.75) is 0 Å². The van der Waals surface area contributed by atoms with Crippen LogP contribution in [0.2, 0.25) is 0 Å². The van der Waals surface area contributed by atoms with E-state index in [-0.39, 0.29) is 17.1 Å². The van der Waals surface area contributed by atoms with Crippen LogP contribution in [0.1, 0.15) is 0 Å². The average molecular weight is 241 g/mol. The lowest BCUT2D eigenvalue weighted by molar-refractivity contribution is -0.136. The average Bonchev–Trinajstić information content (AvgIpc) is 2.26. The summed E-state index contributed by atoms with van der Waals surface area (Å²) in [5, 5.41) is 10.6. The fourth-order valence-corrected chi connectivity index (χ4v) is 1.07. The first-order valence-corrected chi connectivity index (χ1v) is 5.49. The smallest absolute Gasteiger partial charge is 0.355 e. The van der Waals surface area contributed by atoms with Gasteiger partial charge in [0.2, 0.25) is 0 Å². The van der Waals surface area contributed by atoms with Crippen molar-refractivity contribution in [1.82, 2.24) is 5.32 Å². The zero-order valence-corrected chi connectivity index (χ0v) is 10.1. The SMILES string of the molecule is C=CC(C(=N)N)=C(NC(=C)SC)C(=O)OC. The number of methoxy groups -OCH3 is 1. The molecule has 5 nitrogen and oxygen atoms in total. The molecule has 88 valence electrons. The summed E-state index contributed by atoms with van der Waals surface area (Å²) in [5.74, 6) is -0.892. The molecule has 0 fully saturated rings. The summed E-state index contributed by atoms with van der Waals surface area (Å²) in [6, 6.07) is 0. The van der Waals surface area contributed by atoms with Crippen LogP contribution in [0.25, 0.3) is 0 Å². The van der Waals surface area contributed by atoms with Crippen LogP contribution in [0.4, 0.5) is 0 Å². The number of rotatable bonds is 6. The van der Waals surface area contributed by atoms with E-state index >= 15 is 0 Å². The number of amidine groups is 1. The highest BCUT2D eigenvalue weighted by Crippen LogP contribution is 2.11. The summed E-state index contributed by atoms with van der Waals surface area (Å²) in [5.41, 5.74) is 5.57. The van der Waals surface area contributed by atoms with Crippen LogP contribution in [-0.4, -0.2) is 25.2 Å². The third-order valence-corrected chi connectivity index (χ3v) is 2.26. The molecular weight excluding hydrogens is 226 g/mol. The molecule has 6 heteroatoms. The van der Waals surface area contributed by atoms with E-state index in [0.717, 1.165) is 0 Å². The topological polar surface area (TPSA) is 88.2 Å². The number of esters is 1. The first-order valence-electron chi connectivity index (χ1n) is 4.27. The lowest BCUT2D eigenvalue weighted by atomic mass is 10.2. The maximum atomic E-state index is 11.5. The molecule has 0 aliphatic heterocycles. The maximum absolute atomic E-state index is 11.5. The molecule has 0 amide bonds. The number of nitrogens with two attached hydrogens (primary N) is 1. The van der Waals surface area contributed by atoms with Crippen LogP contribution >= 0.6 is 11.8 Å². The van der Waals surface area contributed by atoms with Gasteiger partial charge in [-0.2, -0.15) is 0 Å². The standard InChI is InChI=1S/C10H15N3O2S/c1-5-7(9(11)12)8(10(14)15-3)13-6(2)16-4/h5,13H,1-2H2,3-4H3,(H3,11,12). The molecule has 0 aliphatic rings. The molecule has 0 aromatic heterocycles. The number of nitrogens with one attached hydrogen (secondary N) is 2. The number of carbonyl (C=O) groups is 1. The highest BCUT2D eigenvalue weighted by molar-refractivity contribution is 8.02. The fraction of sp³-hybridized carbons (Fsp3) is 0.200. The van der Waals surface area contributed by atoms with Gasteiger partial charge in [-0.25, -0.2) is 4.79 Å². The Hall–Kier alpha value is -1.69. The van der Waals surface area contributed by atoms with E-state index in [4.69, 9.17) is 11.1 Å². The summed E-state index contributed by atoms with van der Waals surface area (Å²) >= 11 is 1.33. The second kappa shape index (κ2) is 6.73. The first kappa shape index (κ1) is 14.3. The van der Waals surface area contributed by atoms with Crippen LogP contribution < -0.4 is 11.1 Å². The second-order valence-corrected chi connectivity index (χ2v) is 3.55. The Balaban J connectivity index is 5.36. The van der Waals surface area contributed by atoms with Crippen molar-refractivity contribution in [2.75, 3.05) is 13.4 Å². The summed E-state index contributed by atoms with van der Waals surface area (Å²) in [6.45, 7) is 7.16. The maximum Gasteiger partial charge on any atom is 0.355 e. The van der Waals surface area contributed by atoms with Gasteiger partial charge in [0.25, 0.3) is 0 Å². The van der Waals surface area contributed by atoms with E-state index in [0.29, 0.717) is 5.03 Å². The van der Waals surface area contributed by atoms with Gasteiger partial charge in [0, 0.05) is 5.57 Å². The predicted molar refractivity (Wildman–Crippen MR) is 66.9 cm³/mol. The zero-order chi connectivity index (χ0) is 12.7. The summed E-state index contributed by atoms with van der Waals surface area (Å²) in [6.07, 6.45) is 3.11. The molecule has 0 saturated heterocycles. The molecule has 0 bridgehead atoms. The van der Waals surface area contributed by atoms with Crippen molar-refractivity contribution >= 4 is 23.6 Å². The van der Waals surface area contributed by atoms with Crippen molar-refractivity contribution in [1.29, 1.82) is 5.41 Å². The highest BCUT2D eigenvalue weighted by Gasteiger charge is 2.16. The van der Waals surface area contributed by atoms with Gasteiger partial charge < -0.3 is 15.8 Å². The minimum atomic E-state index is -0.625. The predicted octanol–water partition coefficient (Wildman–Crippen LogP) is 0.959. The van der Waals surface area contributed by atoms with E-state index in [9.17, 15) is 4.79 Å². The lowest BCUT2D eigenvalue weighted by Crippen LogP contribution is -2.26. The van der Waals surface area contributed by atoms with E-state index < -0.39 is 5.97 Å². The molecule has 0 aliphatic carbocycles. The molecule has 0 aromatic carbocycles. The van der Waals surface area contributed by atoms with Gasteiger partial charge in [0.05, 0.1) is 12.1 Å². The molecular formula is C10H15N3O2S. The number of carbonyl (C=O) groups excluding carboxylic acids is 1. The van der Waals surface area contributed by atoms with Crippen LogP contribution in [-0.2, 0) is 9.53 Å². The van der Waals surface area contributed by atoms with Crippen LogP contribution in [0.5, 0.6) is 0 Å². The Morgan fingerprint density at radius 3 is 2.50 bits per heavy atom. The molecule has 0 unspecified atom stereocenters. The molecule has 0 saturated carbocycles. The fourth-order valence-electron chi connectivity index (χ4n) is 0.868. The molecule has 4 N–H and O–H groups in total. The summed E-state index contributed by atoms with van der Waals surface area (Å²) in [7, 11) is 1.24. The van der Waals surface area contributed by atoms with Crippen molar-refractivity contribution in [3.8, 4) is 0 Å². The Morgan fingerprint density at radius 1 is 1.62 bits per heavy atom. The normalized spacial score (nSPS) is 11.1. The van der Waals surface area contributed by atoms with Crippen LogP contribution in [0.15, 0.2) is 35.5 Å². The van der Waals surface area contributed by atoms with Crippen LogP contribution in [0, 0.1) is 5.41 Å². The summed E-state index contributed by atoms with van der Waals surface area (Å²) in [4.78, 5) is 11.5. The lowest BCUT2D eigenvalue weighted by Gasteiger charge is -2.12. The number of thioether (sulfide) groups is 1. The number of hydrogen-bond donors (Lipinski definition) is 3. The minimum absolute atomic E-state index is 0.0596. The molecule has 0 atom stereocenters.